The van der Waals surface area contributed by atoms with Crippen molar-refractivity contribution in [2.75, 3.05) is 13.2 Å². The van der Waals surface area contributed by atoms with Crippen LogP contribution in [0.25, 0.3) is 0 Å². The highest BCUT2D eigenvalue weighted by Gasteiger charge is 2.17. The van der Waals surface area contributed by atoms with E-state index in [2.05, 4.69) is 18.2 Å². The van der Waals surface area contributed by atoms with Gasteiger partial charge in [0.15, 0.2) is 0 Å². The predicted molar refractivity (Wildman–Crippen MR) is 60.0 cm³/mol. The van der Waals surface area contributed by atoms with Crippen LogP contribution in [0.4, 0.5) is 0 Å². The zero-order chi connectivity index (χ0) is 10.7. The number of aromatic nitrogens is 2. The molecular formula is C11H17ClN2O. The second-order valence-corrected chi connectivity index (χ2v) is 4.63. The third-order valence-corrected chi connectivity index (χ3v) is 3.40. The molecule has 15 heavy (non-hydrogen) atoms. The van der Waals surface area contributed by atoms with E-state index in [1.807, 2.05) is 10.9 Å². The Morgan fingerprint density at radius 1 is 1.73 bits per heavy atom. The molecule has 1 aliphatic heterocycles. The van der Waals surface area contributed by atoms with Gasteiger partial charge in [-0.3, -0.25) is 4.68 Å². The minimum atomic E-state index is 0.0959. The Kier molecular flexibility index (Phi) is 3.65. The van der Waals surface area contributed by atoms with E-state index in [4.69, 9.17) is 16.3 Å². The van der Waals surface area contributed by atoms with Gasteiger partial charge in [0.2, 0.25) is 0 Å². The molecule has 0 bridgehead atoms. The van der Waals surface area contributed by atoms with E-state index in [0.717, 1.165) is 38.2 Å². The average molecular weight is 229 g/mol. The molecule has 2 atom stereocenters. The van der Waals surface area contributed by atoms with Crippen molar-refractivity contribution in [3.05, 3.63) is 18.0 Å². The monoisotopic (exact) mass is 228 g/mol. The number of rotatable bonds is 4. The van der Waals surface area contributed by atoms with Gasteiger partial charge in [-0.15, -0.1) is 11.6 Å². The van der Waals surface area contributed by atoms with Crippen molar-refractivity contribution in [1.29, 1.82) is 0 Å². The Balaban J connectivity index is 1.94. The molecule has 2 heterocycles. The molecule has 84 valence electrons. The summed E-state index contributed by atoms with van der Waals surface area (Å²) in [6.07, 6.45) is 6.02. The fourth-order valence-corrected chi connectivity index (χ4v) is 1.98. The maximum absolute atomic E-state index is 6.14. The molecule has 0 spiro atoms. The first kappa shape index (κ1) is 11.0. The van der Waals surface area contributed by atoms with Gasteiger partial charge in [0.05, 0.1) is 18.2 Å². The molecule has 1 aromatic rings. The highest BCUT2D eigenvalue weighted by Crippen LogP contribution is 2.23. The summed E-state index contributed by atoms with van der Waals surface area (Å²) in [4.78, 5) is 0. The van der Waals surface area contributed by atoms with Crippen LogP contribution in [-0.2, 0) is 11.3 Å². The molecule has 1 aliphatic rings. The molecule has 1 fully saturated rings. The zero-order valence-electron chi connectivity index (χ0n) is 9.03. The minimum absolute atomic E-state index is 0.0959. The molecule has 0 saturated carbocycles. The lowest BCUT2D eigenvalue weighted by Crippen LogP contribution is -2.10. The molecule has 0 N–H and O–H groups in total. The largest absolute Gasteiger partial charge is 0.381 e. The van der Waals surface area contributed by atoms with Gasteiger partial charge < -0.3 is 4.74 Å². The Morgan fingerprint density at radius 3 is 3.27 bits per heavy atom. The third kappa shape index (κ3) is 2.73. The normalized spacial score (nSPS) is 23.2. The van der Waals surface area contributed by atoms with E-state index in [9.17, 15) is 0 Å². The molecule has 0 amide bonds. The van der Waals surface area contributed by atoms with E-state index >= 15 is 0 Å². The Bertz CT molecular complexity index is 307. The van der Waals surface area contributed by atoms with Crippen LogP contribution in [0.2, 0.25) is 0 Å². The van der Waals surface area contributed by atoms with Crippen molar-refractivity contribution in [2.24, 2.45) is 5.92 Å². The highest BCUT2D eigenvalue weighted by atomic mass is 35.5. The summed E-state index contributed by atoms with van der Waals surface area (Å²) < 4.78 is 7.32. The second kappa shape index (κ2) is 4.99. The summed E-state index contributed by atoms with van der Waals surface area (Å²) >= 11 is 6.14. The van der Waals surface area contributed by atoms with Crippen molar-refractivity contribution in [3.63, 3.8) is 0 Å². The van der Waals surface area contributed by atoms with Crippen LogP contribution < -0.4 is 0 Å². The van der Waals surface area contributed by atoms with E-state index in [1.165, 1.54) is 0 Å². The maximum Gasteiger partial charge on any atom is 0.0613 e. The number of ether oxygens (including phenoxy) is 1. The van der Waals surface area contributed by atoms with Gasteiger partial charge in [0, 0.05) is 30.8 Å². The van der Waals surface area contributed by atoms with E-state index in [0.29, 0.717) is 5.92 Å². The van der Waals surface area contributed by atoms with Gasteiger partial charge in [0.25, 0.3) is 0 Å². The molecule has 4 heteroatoms. The molecule has 1 aromatic heterocycles. The summed E-state index contributed by atoms with van der Waals surface area (Å²) in [6, 6.07) is 0. The average Bonchev–Trinajstić information content (AvgIpc) is 2.88. The molecule has 1 saturated heterocycles. The first-order valence-corrected chi connectivity index (χ1v) is 5.97. The van der Waals surface area contributed by atoms with Crippen molar-refractivity contribution < 1.29 is 4.74 Å². The summed E-state index contributed by atoms with van der Waals surface area (Å²) in [5, 5.41) is 4.42. The van der Waals surface area contributed by atoms with Crippen LogP contribution in [-0.4, -0.2) is 23.0 Å². The first-order valence-electron chi connectivity index (χ1n) is 5.53. The number of halogens is 1. The molecule has 0 radical (unpaired) electrons. The summed E-state index contributed by atoms with van der Waals surface area (Å²) in [7, 11) is 0. The molecular weight excluding hydrogens is 212 g/mol. The lowest BCUT2D eigenvalue weighted by Gasteiger charge is -2.07. The molecule has 0 aliphatic carbocycles. The second-order valence-electron chi connectivity index (χ2n) is 4.10. The van der Waals surface area contributed by atoms with Crippen molar-refractivity contribution in [3.8, 4) is 0 Å². The zero-order valence-corrected chi connectivity index (χ0v) is 9.78. The lowest BCUT2D eigenvalue weighted by molar-refractivity contribution is 0.181. The van der Waals surface area contributed by atoms with Crippen LogP contribution in [0.5, 0.6) is 0 Å². The summed E-state index contributed by atoms with van der Waals surface area (Å²) in [5.41, 5.74) is 1.12. The van der Waals surface area contributed by atoms with E-state index in [-0.39, 0.29) is 5.38 Å². The highest BCUT2D eigenvalue weighted by molar-refractivity contribution is 6.20. The van der Waals surface area contributed by atoms with Gasteiger partial charge in [-0.2, -0.15) is 5.10 Å². The quantitative estimate of drug-likeness (QED) is 0.741. The number of nitrogens with zero attached hydrogens (tertiary/aromatic N) is 2. The fraction of sp³-hybridized carbons (Fsp3) is 0.727. The van der Waals surface area contributed by atoms with Gasteiger partial charge >= 0.3 is 0 Å². The van der Waals surface area contributed by atoms with E-state index in [1.54, 1.807) is 0 Å². The SMILES string of the molecule is CCC(Cl)c1cnn(CC2CCOC2)c1. The Hall–Kier alpha value is -0.540. The topological polar surface area (TPSA) is 27.1 Å². The van der Waals surface area contributed by atoms with Crippen LogP contribution in [0, 0.1) is 5.92 Å². The van der Waals surface area contributed by atoms with Crippen LogP contribution in [0.1, 0.15) is 30.7 Å². The van der Waals surface area contributed by atoms with Crippen LogP contribution in [0.15, 0.2) is 12.4 Å². The van der Waals surface area contributed by atoms with Crippen molar-refractivity contribution in [1.82, 2.24) is 9.78 Å². The standard InChI is InChI=1S/C11H17ClN2O/c1-2-11(12)10-5-13-14(7-10)6-9-3-4-15-8-9/h5,7,9,11H,2-4,6,8H2,1H3. The van der Waals surface area contributed by atoms with Gasteiger partial charge in [-0.1, -0.05) is 6.92 Å². The number of hydrogen-bond donors (Lipinski definition) is 0. The molecule has 2 rings (SSSR count). The fourth-order valence-electron chi connectivity index (χ4n) is 1.87. The third-order valence-electron chi connectivity index (χ3n) is 2.84. The summed E-state index contributed by atoms with van der Waals surface area (Å²) in [5.74, 6) is 0.619. The summed E-state index contributed by atoms with van der Waals surface area (Å²) in [6.45, 7) is 4.80. The van der Waals surface area contributed by atoms with Gasteiger partial charge in [-0.05, 0) is 12.8 Å². The lowest BCUT2D eigenvalue weighted by atomic mass is 10.1. The smallest absolute Gasteiger partial charge is 0.0613 e. The van der Waals surface area contributed by atoms with Gasteiger partial charge in [0.1, 0.15) is 0 Å². The Labute approximate surface area is 95.4 Å². The number of hydrogen-bond acceptors (Lipinski definition) is 2. The predicted octanol–water partition coefficient (Wildman–Crippen LogP) is 2.61. The van der Waals surface area contributed by atoms with Crippen molar-refractivity contribution >= 4 is 11.6 Å². The maximum atomic E-state index is 6.14. The first-order chi connectivity index (χ1) is 7.29. The van der Waals surface area contributed by atoms with Crippen LogP contribution >= 0.6 is 11.6 Å². The van der Waals surface area contributed by atoms with Gasteiger partial charge in [-0.25, -0.2) is 0 Å². The molecule has 3 nitrogen and oxygen atoms in total. The minimum Gasteiger partial charge on any atom is -0.381 e. The number of alkyl halides is 1. The van der Waals surface area contributed by atoms with Crippen LogP contribution in [0.3, 0.4) is 0 Å². The van der Waals surface area contributed by atoms with E-state index < -0.39 is 0 Å². The molecule has 2 unspecified atom stereocenters. The Morgan fingerprint density at radius 2 is 2.60 bits per heavy atom. The van der Waals surface area contributed by atoms with Crippen molar-refractivity contribution in [2.45, 2.75) is 31.7 Å². The molecule has 0 aromatic carbocycles.